The Balaban J connectivity index is 1.55. The van der Waals surface area contributed by atoms with Crippen molar-refractivity contribution in [2.75, 3.05) is 18.4 Å². The Labute approximate surface area is 132 Å². The minimum atomic E-state index is -0.118. The summed E-state index contributed by atoms with van der Waals surface area (Å²) in [4.78, 5) is 17.9. The highest BCUT2D eigenvalue weighted by molar-refractivity contribution is 7.14. The van der Waals surface area contributed by atoms with Crippen molar-refractivity contribution in [1.82, 2.24) is 9.88 Å². The van der Waals surface area contributed by atoms with Gasteiger partial charge in [0, 0.05) is 25.2 Å². The lowest BCUT2D eigenvalue weighted by molar-refractivity contribution is 0.190. The summed E-state index contributed by atoms with van der Waals surface area (Å²) in [5.74, 6) is 0.421. The molecule has 6 nitrogen and oxygen atoms in total. The zero-order valence-electron chi connectivity index (χ0n) is 11.7. The molecule has 1 N–H and O–H groups in total. The van der Waals surface area contributed by atoms with Gasteiger partial charge in [-0.15, -0.1) is 11.3 Å². The maximum atomic E-state index is 12.1. The van der Waals surface area contributed by atoms with Gasteiger partial charge in [-0.25, -0.2) is 9.78 Å². The largest absolute Gasteiger partial charge is 0.472 e. The molecule has 3 rings (SSSR count). The van der Waals surface area contributed by atoms with E-state index in [0.717, 1.165) is 11.4 Å². The number of nitriles is 1. The van der Waals surface area contributed by atoms with Crippen LogP contribution < -0.4 is 10.1 Å². The average Bonchev–Trinajstić information content (AvgIpc) is 3.19. The molecule has 0 bridgehead atoms. The summed E-state index contributed by atoms with van der Waals surface area (Å²) in [5, 5.41) is 14.5. The summed E-state index contributed by atoms with van der Waals surface area (Å²) in [6, 6.07) is 8.92. The molecule has 1 atom stereocenters. The number of aromatic nitrogens is 1. The van der Waals surface area contributed by atoms with Crippen molar-refractivity contribution < 1.29 is 9.53 Å². The lowest BCUT2D eigenvalue weighted by atomic mass is 10.3. The van der Waals surface area contributed by atoms with E-state index < -0.39 is 0 Å². The number of amides is 2. The molecule has 112 valence electrons. The number of hydrogen-bond acceptors (Lipinski definition) is 5. The van der Waals surface area contributed by atoms with Crippen LogP contribution in [0.15, 0.2) is 35.8 Å². The van der Waals surface area contributed by atoms with E-state index in [9.17, 15) is 4.79 Å². The molecule has 2 amide bonds. The third kappa shape index (κ3) is 3.35. The van der Waals surface area contributed by atoms with Crippen molar-refractivity contribution in [2.45, 2.75) is 12.5 Å². The summed E-state index contributed by atoms with van der Waals surface area (Å²) in [5.41, 5.74) is 0.510. The van der Waals surface area contributed by atoms with E-state index in [4.69, 9.17) is 10.00 Å². The first-order valence-electron chi connectivity index (χ1n) is 6.87. The van der Waals surface area contributed by atoms with Crippen LogP contribution in [0.3, 0.4) is 0 Å². The Bertz CT molecular complexity index is 696. The molecular weight excluding hydrogens is 300 g/mol. The van der Waals surface area contributed by atoms with E-state index in [1.165, 1.54) is 11.3 Å². The van der Waals surface area contributed by atoms with Crippen LogP contribution in [0.4, 0.5) is 9.80 Å². The normalized spacial score (nSPS) is 17.0. The highest BCUT2D eigenvalue weighted by Gasteiger charge is 2.28. The number of carbonyl (C=O) groups excluding carboxylic acids is 1. The van der Waals surface area contributed by atoms with Crippen molar-refractivity contribution in [2.24, 2.45) is 0 Å². The number of likely N-dealkylation sites (tertiary alicyclic amines) is 1. The Kier molecular flexibility index (Phi) is 4.21. The number of nitrogens with one attached hydrogen (secondary N) is 1. The van der Waals surface area contributed by atoms with Gasteiger partial charge in [-0.05, 0) is 23.6 Å². The lowest BCUT2D eigenvalue weighted by Gasteiger charge is -2.17. The smallest absolute Gasteiger partial charge is 0.322 e. The third-order valence-electron chi connectivity index (χ3n) is 3.33. The van der Waals surface area contributed by atoms with Gasteiger partial charge in [-0.2, -0.15) is 5.26 Å². The molecule has 1 aliphatic rings. The first-order chi connectivity index (χ1) is 10.7. The van der Waals surface area contributed by atoms with Gasteiger partial charge < -0.3 is 9.64 Å². The fourth-order valence-electron chi connectivity index (χ4n) is 2.26. The third-order valence-corrected chi connectivity index (χ3v) is 4.12. The maximum absolute atomic E-state index is 12.1. The minimum absolute atomic E-state index is 0.101. The fourth-order valence-corrected chi connectivity index (χ4v) is 2.86. The van der Waals surface area contributed by atoms with Crippen LogP contribution in [-0.2, 0) is 0 Å². The highest BCUT2D eigenvalue weighted by atomic mass is 32.1. The molecule has 0 aliphatic carbocycles. The van der Waals surface area contributed by atoms with Gasteiger partial charge in [-0.1, -0.05) is 0 Å². The standard InChI is InChI=1S/C15H14N4O2S/c16-9-11-3-5-17-13(8-11)21-12-4-6-19(10-12)15(20)18-14-2-1-7-22-14/h1-3,5,7-8,12H,4,6,10H2,(H,18,20). The highest BCUT2D eigenvalue weighted by Crippen LogP contribution is 2.20. The van der Waals surface area contributed by atoms with Gasteiger partial charge in [-0.3, -0.25) is 5.32 Å². The van der Waals surface area contributed by atoms with E-state index >= 15 is 0 Å². The van der Waals surface area contributed by atoms with Gasteiger partial charge in [0.1, 0.15) is 6.10 Å². The Morgan fingerprint density at radius 1 is 1.55 bits per heavy atom. The second-order valence-corrected chi connectivity index (χ2v) is 5.82. The summed E-state index contributed by atoms with van der Waals surface area (Å²) in [6.45, 7) is 1.15. The van der Waals surface area contributed by atoms with E-state index in [0.29, 0.717) is 24.5 Å². The number of thiophene rings is 1. The fraction of sp³-hybridized carbons (Fsp3) is 0.267. The number of pyridine rings is 1. The Hall–Kier alpha value is -2.59. The van der Waals surface area contributed by atoms with Gasteiger partial charge in [0.25, 0.3) is 0 Å². The van der Waals surface area contributed by atoms with E-state index in [1.54, 1.807) is 23.2 Å². The van der Waals surface area contributed by atoms with Crippen LogP contribution in [0, 0.1) is 11.3 Å². The van der Waals surface area contributed by atoms with Crippen LogP contribution in [0.5, 0.6) is 5.88 Å². The van der Waals surface area contributed by atoms with E-state index in [-0.39, 0.29) is 12.1 Å². The van der Waals surface area contributed by atoms with Crippen molar-refractivity contribution in [1.29, 1.82) is 5.26 Å². The zero-order chi connectivity index (χ0) is 15.4. The van der Waals surface area contributed by atoms with Gasteiger partial charge in [0.15, 0.2) is 0 Å². The van der Waals surface area contributed by atoms with Crippen LogP contribution in [-0.4, -0.2) is 35.1 Å². The Morgan fingerprint density at radius 3 is 3.23 bits per heavy atom. The number of urea groups is 1. The SMILES string of the molecule is N#Cc1ccnc(OC2CCN(C(=O)Nc3cccs3)C2)c1. The quantitative estimate of drug-likeness (QED) is 0.945. The molecule has 0 saturated carbocycles. The summed E-state index contributed by atoms with van der Waals surface area (Å²) >= 11 is 1.49. The molecule has 0 aromatic carbocycles. The molecule has 2 aromatic rings. The number of rotatable bonds is 3. The number of nitrogens with zero attached hydrogens (tertiary/aromatic N) is 3. The zero-order valence-corrected chi connectivity index (χ0v) is 12.5. The van der Waals surface area contributed by atoms with Crippen LogP contribution in [0.2, 0.25) is 0 Å². The van der Waals surface area contributed by atoms with Gasteiger partial charge in [0.2, 0.25) is 5.88 Å². The summed E-state index contributed by atoms with van der Waals surface area (Å²) < 4.78 is 5.75. The molecule has 0 spiro atoms. The first-order valence-corrected chi connectivity index (χ1v) is 7.75. The molecule has 1 saturated heterocycles. The minimum Gasteiger partial charge on any atom is -0.472 e. The summed E-state index contributed by atoms with van der Waals surface area (Å²) in [6.07, 6.45) is 2.19. The topological polar surface area (TPSA) is 78.2 Å². The lowest BCUT2D eigenvalue weighted by Crippen LogP contribution is -2.34. The first kappa shape index (κ1) is 14.4. The molecule has 1 unspecified atom stereocenters. The number of ether oxygens (including phenoxy) is 1. The molecule has 1 fully saturated rings. The second kappa shape index (κ2) is 6.45. The predicted octanol–water partition coefficient (Wildman–Crippen LogP) is 2.70. The molecule has 7 heteroatoms. The van der Waals surface area contributed by atoms with Crippen molar-refractivity contribution >= 4 is 22.4 Å². The van der Waals surface area contributed by atoms with Crippen molar-refractivity contribution in [3.05, 3.63) is 41.4 Å². The van der Waals surface area contributed by atoms with Crippen LogP contribution in [0.1, 0.15) is 12.0 Å². The van der Waals surface area contributed by atoms with Crippen molar-refractivity contribution in [3.63, 3.8) is 0 Å². The number of hydrogen-bond donors (Lipinski definition) is 1. The molecule has 1 aliphatic heterocycles. The van der Waals surface area contributed by atoms with E-state index in [2.05, 4.69) is 16.4 Å². The molecule has 22 heavy (non-hydrogen) atoms. The second-order valence-electron chi connectivity index (χ2n) is 4.88. The Morgan fingerprint density at radius 2 is 2.45 bits per heavy atom. The molecule has 3 heterocycles. The number of carbonyl (C=O) groups is 1. The van der Waals surface area contributed by atoms with Crippen LogP contribution >= 0.6 is 11.3 Å². The average molecular weight is 314 g/mol. The number of anilines is 1. The van der Waals surface area contributed by atoms with Gasteiger partial charge >= 0.3 is 6.03 Å². The molecule has 0 radical (unpaired) electrons. The molecular formula is C15H14N4O2S. The van der Waals surface area contributed by atoms with Gasteiger partial charge in [0.05, 0.1) is 23.2 Å². The monoisotopic (exact) mass is 314 g/mol. The molecule has 2 aromatic heterocycles. The maximum Gasteiger partial charge on any atom is 0.322 e. The van der Waals surface area contributed by atoms with Crippen LogP contribution in [0.25, 0.3) is 0 Å². The summed E-state index contributed by atoms with van der Waals surface area (Å²) in [7, 11) is 0. The van der Waals surface area contributed by atoms with E-state index in [1.807, 2.05) is 17.5 Å². The predicted molar refractivity (Wildman–Crippen MR) is 82.9 cm³/mol. The van der Waals surface area contributed by atoms with Crippen molar-refractivity contribution in [3.8, 4) is 11.9 Å².